The number of benzene rings is 2. The van der Waals surface area contributed by atoms with Gasteiger partial charge in [0, 0.05) is 48.3 Å². The molecule has 4 fully saturated rings. The summed E-state index contributed by atoms with van der Waals surface area (Å²) in [5.74, 6) is 2.11. The van der Waals surface area contributed by atoms with E-state index in [1.807, 2.05) is 61.7 Å². The lowest BCUT2D eigenvalue weighted by atomic mass is 9.55. The van der Waals surface area contributed by atoms with Crippen LogP contribution in [-0.2, 0) is 16.0 Å². The van der Waals surface area contributed by atoms with E-state index in [-0.39, 0.29) is 37.0 Å². The first-order valence-electron chi connectivity index (χ1n) is 17.4. The first kappa shape index (κ1) is 32.9. The van der Waals surface area contributed by atoms with Crippen molar-refractivity contribution in [2.24, 2.45) is 29.4 Å². The van der Waals surface area contributed by atoms with Gasteiger partial charge in [-0.15, -0.1) is 0 Å². The molecular weight excluding hydrogens is 592 g/mol. The van der Waals surface area contributed by atoms with Gasteiger partial charge in [-0.2, -0.15) is 0 Å². The van der Waals surface area contributed by atoms with Gasteiger partial charge in [0.05, 0.1) is 0 Å². The van der Waals surface area contributed by atoms with Gasteiger partial charge in [-0.05, 0) is 112 Å². The summed E-state index contributed by atoms with van der Waals surface area (Å²) in [5, 5.41) is 12.9. The Bertz CT molecular complexity index is 1540. The maximum Gasteiger partial charge on any atom is 0.408 e. The molecule has 0 aliphatic heterocycles. The van der Waals surface area contributed by atoms with Gasteiger partial charge in [0.25, 0.3) is 0 Å². The highest BCUT2D eigenvalue weighted by atomic mass is 16.6. The van der Waals surface area contributed by atoms with Crippen molar-refractivity contribution in [3.05, 3.63) is 65.9 Å². The fraction of sp³-hybridized carbons (Fsp3) is 0.541. The maximum atomic E-state index is 14.0. The number of hydrogen-bond acceptors (Lipinski definition) is 5. The number of H-pyrrole nitrogens is 1. The molecule has 10 nitrogen and oxygen atoms in total. The van der Waals surface area contributed by atoms with Crippen LogP contribution in [0, 0.1) is 30.6 Å². The minimum absolute atomic E-state index is 0.0765. The fourth-order valence-electron chi connectivity index (χ4n) is 8.48. The number of nitrogens with two attached hydrogens (primary N) is 1. The molecule has 1 heterocycles. The standard InChI is InChI=1S/C37H50N6O4/c1-23-9-3-5-12-31(23)42-35(45)39-14-8-7-10-29(21-38)41-34(44)37(2,20-28-22-40-32-13-6-4-11-30(28)32)43-36(46)47-33-26-16-24-15-25(18-26)19-27(33)17-24/h3-6,9,11-13,22,24-27,29,33,40H,7-8,10,14-21,38H2,1-2H3,(H,41,44)(H,43,46)(H2,39,42,45)/t24?,25?,26?,27?,29-,33?,37-/m0/s1. The predicted octanol–water partition coefficient (Wildman–Crippen LogP) is 5.76. The van der Waals surface area contributed by atoms with Crippen molar-refractivity contribution in [2.45, 2.75) is 89.3 Å². The number of anilines is 1. The Labute approximate surface area is 277 Å². The molecule has 7 N–H and O–H groups in total. The molecule has 4 bridgehead atoms. The van der Waals surface area contributed by atoms with E-state index in [2.05, 4.69) is 26.3 Å². The molecule has 4 amide bonds. The minimum Gasteiger partial charge on any atom is -0.446 e. The molecule has 47 heavy (non-hydrogen) atoms. The number of aromatic amines is 1. The zero-order valence-corrected chi connectivity index (χ0v) is 27.6. The topological polar surface area (TPSA) is 150 Å². The summed E-state index contributed by atoms with van der Waals surface area (Å²) in [6.07, 6.45) is 9.62. The Morgan fingerprint density at radius 3 is 2.40 bits per heavy atom. The second-order valence-corrected chi connectivity index (χ2v) is 14.4. The molecule has 0 spiro atoms. The Kier molecular flexibility index (Phi) is 10.1. The van der Waals surface area contributed by atoms with Gasteiger partial charge in [-0.1, -0.05) is 36.4 Å². The van der Waals surface area contributed by atoms with Crippen LogP contribution >= 0.6 is 0 Å². The molecule has 1 aromatic heterocycles. The zero-order chi connectivity index (χ0) is 33.0. The molecule has 0 radical (unpaired) electrons. The number of nitrogens with one attached hydrogen (secondary N) is 5. The number of ether oxygens (including phenoxy) is 1. The number of hydrogen-bond donors (Lipinski definition) is 6. The van der Waals surface area contributed by atoms with E-state index < -0.39 is 11.6 Å². The summed E-state index contributed by atoms with van der Waals surface area (Å²) in [6.45, 7) is 4.48. The summed E-state index contributed by atoms with van der Waals surface area (Å²) in [6, 6.07) is 15.1. The molecule has 4 saturated carbocycles. The number of fused-ring (bicyclic) bond motifs is 1. The van der Waals surface area contributed by atoms with Crippen LogP contribution in [-0.4, -0.2) is 53.8 Å². The lowest BCUT2D eigenvalue weighted by Crippen LogP contribution is -2.61. The first-order valence-corrected chi connectivity index (χ1v) is 17.4. The van der Waals surface area contributed by atoms with Crippen LogP contribution < -0.4 is 27.0 Å². The maximum absolute atomic E-state index is 14.0. The third kappa shape index (κ3) is 7.75. The number of unbranched alkanes of at least 4 members (excludes halogenated alkanes) is 1. The van der Waals surface area contributed by atoms with E-state index >= 15 is 0 Å². The molecule has 7 rings (SSSR count). The summed E-state index contributed by atoms with van der Waals surface area (Å²) < 4.78 is 6.16. The Morgan fingerprint density at radius 1 is 0.979 bits per heavy atom. The SMILES string of the molecule is Cc1ccccc1NC(=O)NCCCC[C@@H](CN)NC(=O)[C@](C)(Cc1c[nH]c2ccccc12)NC(=O)OC1C2CC3CC(C2)CC1C3. The highest BCUT2D eigenvalue weighted by Gasteiger charge is 2.50. The number of aryl methyl sites for hydroxylation is 1. The molecule has 2 aromatic carbocycles. The van der Waals surface area contributed by atoms with E-state index in [4.69, 9.17) is 10.5 Å². The van der Waals surface area contributed by atoms with Crippen molar-refractivity contribution in [3.63, 3.8) is 0 Å². The summed E-state index contributed by atoms with van der Waals surface area (Å²) in [7, 11) is 0. The van der Waals surface area contributed by atoms with E-state index in [1.54, 1.807) is 6.92 Å². The van der Waals surface area contributed by atoms with Gasteiger partial charge in [-0.3, -0.25) is 4.79 Å². The van der Waals surface area contributed by atoms with Crippen molar-refractivity contribution < 1.29 is 19.1 Å². The number of para-hydroxylation sites is 2. The normalized spacial score (nSPS) is 24.7. The second kappa shape index (κ2) is 14.4. The summed E-state index contributed by atoms with van der Waals surface area (Å²) >= 11 is 0. The smallest absolute Gasteiger partial charge is 0.408 e. The summed E-state index contributed by atoms with van der Waals surface area (Å²) in [5.41, 5.74) is 8.54. The molecule has 3 aromatic rings. The highest BCUT2D eigenvalue weighted by Crippen LogP contribution is 2.54. The van der Waals surface area contributed by atoms with Gasteiger partial charge >= 0.3 is 12.1 Å². The van der Waals surface area contributed by atoms with Crippen molar-refractivity contribution >= 4 is 34.6 Å². The first-order chi connectivity index (χ1) is 22.7. The lowest BCUT2D eigenvalue weighted by Gasteiger charge is -2.53. The number of carbonyl (C=O) groups is 3. The third-order valence-electron chi connectivity index (χ3n) is 10.8. The van der Waals surface area contributed by atoms with Crippen LogP contribution in [0.3, 0.4) is 0 Å². The average Bonchev–Trinajstić information content (AvgIpc) is 3.44. The number of alkyl carbamates (subject to hydrolysis) is 1. The van der Waals surface area contributed by atoms with E-state index in [0.29, 0.717) is 24.8 Å². The Balaban J connectivity index is 1.05. The quantitative estimate of drug-likeness (QED) is 0.131. The molecule has 0 unspecified atom stereocenters. The zero-order valence-electron chi connectivity index (χ0n) is 27.6. The monoisotopic (exact) mass is 642 g/mol. The highest BCUT2D eigenvalue weighted by molar-refractivity contribution is 5.92. The second-order valence-electron chi connectivity index (χ2n) is 14.4. The van der Waals surface area contributed by atoms with Crippen LogP contribution in [0.25, 0.3) is 10.9 Å². The van der Waals surface area contributed by atoms with Crippen molar-refractivity contribution in [1.29, 1.82) is 0 Å². The van der Waals surface area contributed by atoms with Crippen LogP contribution in [0.5, 0.6) is 0 Å². The molecule has 2 atom stereocenters. The number of aromatic nitrogens is 1. The minimum atomic E-state index is -1.27. The predicted molar refractivity (Wildman–Crippen MR) is 184 cm³/mol. The number of carbonyl (C=O) groups excluding carboxylic acids is 3. The number of amides is 4. The van der Waals surface area contributed by atoms with Gasteiger partial charge in [-0.25, -0.2) is 9.59 Å². The van der Waals surface area contributed by atoms with Crippen LogP contribution in [0.15, 0.2) is 54.7 Å². The Hall–Kier alpha value is -4.05. The molecule has 0 saturated heterocycles. The largest absolute Gasteiger partial charge is 0.446 e. The number of urea groups is 1. The number of rotatable bonds is 13. The molecule has 252 valence electrons. The van der Waals surface area contributed by atoms with Crippen LogP contribution in [0.4, 0.5) is 15.3 Å². The molecule has 4 aliphatic rings. The van der Waals surface area contributed by atoms with Crippen LogP contribution in [0.2, 0.25) is 0 Å². The van der Waals surface area contributed by atoms with Crippen molar-refractivity contribution in [3.8, 4) is 0 Å². The molecule has 4 aliphatic carbocycles. The van der Waals surface area contributed by atoms with E-state index in [0.717, 1.165) is 78.1 Å². The van der Waals surface area contributed by atoms with Crippen molar-refractivity contribution in [2.75, 3.05) is 18.4 Å². The Morgan fingerprint density at radius 2 is 1.68 bits per heavy atom. The van der Waals surface area contributed by atoms with Crippen LogP contribution in [0.1, 0.15) is 69.4 Å². The van der Waals surface area contributed by atoms with Gasteiger partial charge in [0.2, 0.25) is 5.91 Å². The van der Waals surface area contributed by atoms with E-state index in [1.165, 1.54) is 6.42 Å². The third-order valence-corrected chi connectivity index (χ3v) is 10.8. The summed E-state index contributed by atoms with van der Waals surface area (Å²) in [4.78, 5) is 43.2. The van der Waals surface area contributed by atoms with Crippen molar-refractivity contribution in [1.82, 2.24) is 20.9 Å². The fourth-order valence-corrected chi connectivity index (χ4v) is 8.48. The van der Waals surface area contributed by atoms with Gasteiger partial charge in [0.15, 0.2) is 0 Å². The molecule has 10 heteroatoms. The van der Waals surface area contributed by atoms with Gasteiger partial charge < -0.3 is 36.7 Å². The average molecular weight is 643 g/mol. The lowest BCUT2D eigenvalue weighted by molar-refractivity contribution is -0.128. The molecular formula is C37H50N6O4. The van der Waals surface area contributed by atoms with Gasteiger partial charge in [0.1, 0.15) is 11.6 Å². The van der Waals surface area contributed by atoms with E-state index in [9.17, 15) is 14.4 Å².